The summed E-state index contributed by atoms with van der Waals surface area (Å²) in [5, 5.41) is 19.5. The highest BCUT2D eigenvalue weighted by molar-refractivity contribution is 7.99. The van der Waals surface area contributed by atoms with E-state index in [0.717, 1.165) is 22.2 Å². The van der Waals surface area contributed by atoms with Gasteiger partial charge in [-0.25, -0.2) is 13.8 Å². The first-order valence-corrected chi connectivity index (χ1v) is 13.5. The molecule has 2 aromatic carbocycles. The van der Waals surface area contributed by atoms with Crippen LogP contribution >= 0.6 is 23.1 Å². The van der Waals surface area contributed by atoms with Crippen molar-refractivity contribution < 1.29 is 18.4 Å². The Bertz CT molecular complexity index is 1490. The van der Waals surface area contributed by atoms with Gasteiger partial charge in [0.2, 0.25) is 0 Å². The van der Waals surface area contributed by atoms with Crippen molar-refractivity contribution in [2.45, 2.75) is 24.2 Å². The van der Waals surface area contributed by atoms with Crippen molar-refractivity contribution in [1.82, 2.24) is 25.1 Å². The van der Waals surface area contributed by atoms with Crippen LogP contribution in [0.5, 0.6) is 0 Å². The summed E-state index contributed by atoms with van der Waals surface area (Å²) in [6.45, 7) is 0.0839. The Balaban J connectivity index is 1.25. The zero-order valence-corrected chi connectivity index (χ0v) is 21.8. The Hall–Kier alpha value is -3.90. The highest BCUT2D eigenvalue weighted by atomic mass is 32.2. The van der Waals surface area contributed by atoms with Crippen molar-refractivity contribution in [3.63, 3.8) is 0 Å². The van der Waals surface area contributed by atoms with Crippen molar-refractivity contribution in [1.29, 1.82) is 0 Å². The number of benzene rings is 2. The molecule has 8 nitrogen and oxygen atoms in total. The molecule has 0 saturated heterocycles. The number of halogens is 2. The van der Waals surface area contributed by atoms with Gasteiger partial charge in [0.25, 0.3) is 11.8 Å². The van der Waals surface area contributed by atoms with Crippen LogP contribution in [-0.4, -0.2) is 43.1 Å². The van der Waals surface area contributed by atoms with Gasteiger partial charge in [0, 0.05) is 19.0 Å². The number of hydrogen-bond acceptors (Lipinski definition) is 7. The lowest BCUT2D eigenvalue weighted by Gasteiger charge is -2.21. The molecule has 5 rings (SSSR count). The summed E-state index contributed by atoms with van der Waals surface area (Å²) < 4.78 is 28.6. The lowest BCUT2D eigenvalue weighted by atomic mass is 10.0. The smallest absolute Gasteiger partial charge is 0.253 e. The fraction of sp³-hybridized carbons (Fsp3) is 0.192. The van der Waals surface area contributed by atoms with Gasteiger partial charge in [-0.1, -0.05) is 36.0 Å². The van der Waals surface area contributed by atoms with Gasteiger partial charge in [0.15, 0.2) is 11.0 Å². The molecule has 1 atom stereocenters. The Kier molecular flexibility index (Phi) is 7.61. The molecule has 0 radical (unpaired) electrons. The summed E-state index contributed by atoms with van der Waals surface area (Å²) in [6.07, 6.45) is 0.529. The SMILES string of the molecule is Cn1c(CNC(=O)c2cccc(F)c2)nnc1SCC(=O)N1N=C(c2cccs2)C[C@@H]1c1ccc(F)cc1. The summed E-state index contributed by atoms with van der Waals surface area (Å²) in [7, 11) is 1.74. The molecule has 2 amide bonds. The van der Waals surface area contributed by atoms with Crippen LogP contribution in [-0.2, 0) is 18.4 Å². The van der Waals surface area contributed by atoms with Gasteiger partial charge in [-0.2, -0.15) is 5.10 Å². The highest BCUT2D eigenvalue weighted by Crippen LogP contribution is 2.34. The van der Waals surface area contributed by atoms with E-state index in [9.17, 15) is 18.4 Å². The van der Waals surface area contributed by atoms with E-state index in [1.807, 2.05) is 17.5 Å². The number of hydrazone groups is 1. The number of aromatic nitrogens is 3. The molecule has 0 saturated carbocycles. The van der Waals surface area contributed by atoms with E-state index in [0.29, 0.717) is 17.4 Å². The summed E-state index contributed by atoms with van der Waals surface area (Å²) in [5.74, 6) is -0.957. The Labute approximate surface area is 225 Å². The molecule has 0 bridgehead atoms. The van der Waals surface area contributed by atoms with Crippen molar-refractivity contribution in [2.24, 2.45) is 12.1 Å². The minimum Gasteiger partial charge on any atom is -0.345 e. The molecule has 3 heterocycles. The van der Waals surface area contributed by atoms with E-state index in [1.54, 1.807) is 35.1 Å². The molecule has 0 spiro atoms. The van der Waals surface area contributed by atoms with E-state index in [1.165, 1.54) is 47.1 Å². The average molecular weight is 553 g/mol. The van der Waals surface area contributed by atoms with Crippen molar-refractivity contribution in [3.8, 4) is 0 Å². The monoisotopic (exact) mass is 552 g/mol. The quantitative estimate of drug-likeness (QED) is 0.324. The molecule has 194 valence electrons. The third-order valence-corrected chi connectivity index (χ3v) is 7.89. The van der Waals surface area contributed by atoms with Gasteiger partial charge in [-0.05, 0) is 47.3 Å². The highest BCUT2D eigenvalue weighted by Gasteiger charge is 2.33. The lowest BCUT2D eigenvalue weighted by molar-refractivity contribution is -0.130. The third kappa shape index (κ3) is 5.65. The average Bonchev–Trinajstić information content (AvgIpc) is 3.67. The Morgan fingerprint density at radius 2 is 1.89 bits per heavy atom. The van der Waals surface area contributed by atoms with E-state index in [2.05, 4.69) is 20.6 Å². The number of thioether (sulfide) groups is 1. The molecule has 1 aliphatic heterocycles. The first-order valence-electron chi connectivity index (χ1n) is 11.6. The van der Waals surface area contributed by atoms with Crippen molar-refractivity contribution in [3.05, 3.63) is 99.5 Å². The summed E-state index contributed by atoms with van der Waals surface area (Å²) in [5.41, 5.74) is 1.81. The summed E-state index contributed by atoms with van der Waals surface area (Å²) in [6, 6.07) is 15.1. The zero-order chi connectivity index (χ0) is 26.6. The maximum absolute atomic E-state index is 13.5. The van der Waals surface area contributed by atoms with Crippen LogP contribution in [0.25, 0.3) is 0 Å². The molecule has 1 aliphatic rings. The molecular weight excluding hydrogens is 530 g/mol. The van der Waals surface area contributed by atoms with Gasteiger partial charge in [0.1, 0.15) is 11.6 Å². The fourth-order valence-corrected chi connectivity index (χ4v) is 5.49. The number of thiophene rings is 1. The van der Waals surface area contributed by atoms with Crippen LogP contribution in [0.1, 0.15) is 39.1 Å². The van der Waals surface area contributed by atoms with Crippen molar-refractivity contribution in [2.75, 3.05) is 5.75 Å². The van der Waals surface area contributed by atoms with Crippen LogP contribution in [0, 0.1) is 11.6 Å². The summed E-state index contributed by atoms with van der Waals surface area (Å²) in [4.78, 5) is 26.6. The third-order valence-electron chi connectivity index (χ3n) is 5.97. The molecule has 0 unspecified atom stereocenters. The standard InChI is InChI=1S/C26H22F2N6O2S2/c1-33-23(14-29-25(36)17-4-2-5-19(28)12-17)30-31-26(33)38-15-24(35)34-21(16-7-9-18(27)10-8-16)13-20(32-34)22-6-3-11-37-22/h2-12,21H,13-15H2,1H3,(H,29,36)/t21-/m1/s1. The second kappa shape index (κ2) is 11.2. The molecule has 1 N–H and O–H groups in total. The molecule has 12 heteroatoms. The molecule has 0 aliphatic carbocycles. The predicted octanol–water partition coefficient (Wildman–Crippen LogP) is 4.55. The van der Waals surface area contributed by atoms with E-state index in [-0.39, 0.29) is 35.6 Å². The van der Waals surface area contributed by atoms with Crippen LogP contribution in [0.3, 0.4) is 0 Å². The predicted molar refractivity (Wildman–Crippen MR) is 141 cm³/mol. The fourth-order valence-electron chi connectivity index (χ4n) is 3.98. The molecule has 4 aromatic rings. The Morgan fingerprint density at radius 3 is 2.63 bits per heavy atom. The van der Waals surface area contributed by atoms with E-state index < -0.39 is 11.7 Å². The largest absolute Gasteiger partial charge is 0.345 e. The number of carbonyl (C=O) groups is 2. The first-order chi connectivity index (χ1) is 18.4. The van der Waals surface area contributed by atoms with Crippen LogP contribution < -0.4 is 5.32 Å². The number of amides is 2. The van der Waals surface area contributed by atoms with E-state index in [4.69, 9.17) is 0 Å². The van der Waals surface area contributed by atoms with Crippen LogP contribution in [0.15, 0.2) is 76.3 Å². The number of nitrogens with zero attached hydrogens (tertiary/aromatic N) is 5. The van der Waals surface area contributed by atoms with Crippen LogP contribution in [0.4, 0.5) is 8.78 Å². The summed E-state index contributed by atoms with van der Waals surface area (Å²) >= 11 is 2.75. The second-order valence-corrected chi connectivity index (χ2v) is 10.4. The van der Waals surface area contributed by atoms with Gasteiger partial charge in [0.05, 0.1) is 28.9 Å². The maximum Gasteiger partial charge on any atom is 0.253 e. The molecular formula is C26H22F2N6O2S2. The minimum absolute atomic E-state index is 0.0561. The van der Waals surface area contributed by atoms with Crippen LogP contribution in [0.2, 0.25) is 0 Å². The number of rotatable bonds is 8. The zero-order valence-electron chi connectivity index (χ0n) is 20.2. The number of hydrogen-bond donors (Lipinski definition) is 1. The molecule has 2 aromatic heterocycles. The lowest BCUT2D eigenvalue weighted by Crippen LogP contribution is -2.28. The van der Waals surface area contributed by atoms with E-state index >= 15 is 0 Å². The number of carbonyl (C=O) groups excluding carboxylic acids is 2. The molecule has 0 fully saturated rings. The topological polar surface area (TPSA) is 92.5 Å². The van der Waals surface area contributed by atoms with Gasteiger partial charge in [-0.3, -0.25) is 9.59 Å². The van der Waals surface area contributed by atoms with Gasteiger partial charge < -0.3 is 9.88 Å². The number of nitrogens with one attached hydrogen (secondary N) is 1. The second-order valence-electron chi connectivity index (χ2n) is 8.47. The van der Waals surface area contributed by atoms with Gasteiger partial charge >= 0.3 is 0 Å². The normalized spacial score (nSPS) is 15.0. The maximum atomic E-state index is 13.5. The Morgan fingerprint density at radius 1 is 1.08 bits per heavy atom. The molecule has 38 heavy (non-hydrogen) atoms. The van der Waals surface area contributed by atoms with Gasteiger partial charge in [-0.15, -0.1) is 21.5 Å². The first kappa shape index (κ1) is 25.7. The van der Waals surface area contributed by atoms with Crippen molar-refractivity contribution >= 4 is 40.6 Å². The minimum atomic E-state index is -0.494.